The lowest BCUT2D eigenvalue weighted by Gasteiger charge is -2.29. The molecule has 1 fully saturated rings. The van der Waals surface area contributed by atoms with Crippen molar-refractivity contribution in [2.24, 2.45) is 4.99 Å². The molecule has 3 unspecified atom stereocenters. The van der Waals surface area contributed by atoms with E-state index in [0.717, 1.165) is 11.2 Å². The normalized spacial score (nSPS) is 22.2. The molecule has 0 spiro atoms. The number of thioether (sulfide) groups is 1. The molecule has 9 heteroatoms. The topological polar surface area (TPSA) is 84.6 Å². The van der Waals surface area contributed by atoms with Crippen molar-refractivity contribution in [2.45, 2.75) is 63.5 Å². The average molecular weight is 483 g/mol. The molecule has 1 heterocycles. The average Bonchev–Trinajstić information content (AvgIpc) is 3.08. The summed E-state index contributed by atoms with van der Waals surface area (Å²) < 4.78 is 10.7. The number of aliphatic imine (C=N–C) groups is 1. The predicted octanol–water partition coefficient (Wildman–Crippen LogP) is 3.12. The van der Waals surface area contributed by atoms with Crippen LogP contribution >= 0.6 is 35.7 Å². The molecule has 1 aliphatic rings. The van der Waals surface area contributed by atoms with E-state index in [1.807, 2.05) is 25.6 Å². The van der Waals surface area contributed by atoms with Gasteiger partial charge in [-0.25, -0.2) is 0 Å². The van der Waals surface area contributed by atoms with Gasteiger partial charge in [0.15, 0.2) is 11.8 Å². The van der Waals surface area contributed by atoms with Gasteiger partial charge in [-0.05, 0) is 39.4 Å². The summed E-state index contributed by atoms with van der Waals surface area (Å²) in [6.45, 7) is 4.93. The van der Waals surface area contributed by atoms with Crippen molar-refractivity contribution in [3.8, 4) is 0 Å². The summed E-state index contributed by atoms with van der Waals surface area (Å²) in [7, 11) is 1.78. The molecule has 7 nitrogen and oxygen atoms in total. The number of nitrogens with zero attached hydrogens (tertiary/aromatic N) is 3. The zero-order valence-corrected chi connectivity index (χ0v) is 18.6. The van der Waals surface area contributed by atoms with Crippen molar-refractivity contribution >= 4 is 41.7 Å². The summed E-state index contributed by atoms with van der Waals surface area (Å²) in [5.74, 6) is 1.89. The minimum absolute atomic E-state index is 0. The summed E-state index contributed by atoms with van der Waals surface area (Å²) in [5.41, 5.74) is 0. The van der Waals surface area contributed by atoms with Crippen molar-refractivity contribution in [1.29, 1.82) is 0 Å². The summed E-state index contributed by atoms with van der Waals surface area (Å²) in [6, 6.07) is 0.471. The van der Waals surface area contributed by atoms with Crippen molar-refractivity contribution in [1.82, 2.24) is 20.8 Å². The summed E-state index contributed by atoms with van der Waals surface area (Å²) in [4.78, 5) is 8.65. The molecule has 0 amide bonds. The molecule has 0 aromatic carbocycles. The van der Waals surface area contributed by atoms with Crippen molar-refractivity contribution < 1.29 is 9.26 Å². The van der Waals surface area contributed by atoms with Gasteiger partial charge in [-0.2, -0.15) is 16.7 Å². The van der Waals surface area contributed by atoms with Crippen LogP contribution in [0.5, 0.6) is 0 Å². The second kappa shape index (κ2) is 11.9. The van der Waals surface area contributed by atoms with Gasteiger partial charge < -0.3 is 19.9 Å². The standard InChI is InChI=1S/C16H29N5O2S.HI/c1-5-22-11(2)15-20-14(23-21-15)10-18-16(17-3)19-12-7-6-8-13(9-12)24-4;/h11-13H,5-10H2,1-4H3,(H2,17,18,19);1H. The largest absolute Gasteiger partial charge is 0.371 e. The van der Waals surface area contributed by atoms with Crippen LogP contribution in [0.1, 0.15) is 57.3 Å². The molecule has 3 atom stereocenters. The van der Waals surface area contributed by atoms with Crippen molar-refractivity contribution in [2.75, 3.05) is 19.9 Å². The van der Waals surface area contributed by atoms with Gasteiger partial charge in [-0.1, -0.05) is 11.6 Å². The fourth-order valence-corrected chi connectivity index (χ4v) is 3.69. The molecule has 1 saturated carbocycles. The number of halogens is 1. The van der Waals surface area contributed by atoms with Crippen LogP contribution in [0.2, 0.25) is 0 Å². The van der Waals surface area contributed by atoms with Crippen molar-refractivity contribution in [3.63, 3.8) is 0 Å². The second-order valence-corrected chi connectivity index (χ2v) is 7.07. The molecule has 2 N–H and O–H groups in total. The lowest BCUT2D eigenvalue weighted by atomic mass is 9.95. The lowest BCUT2D eigenvalue weighted by Crippen LogP contribution is -2.45. The van der Waals surface area contributed by atoms with E-state index >= 15 is 0 Å². The first-order valence-electron chi connectivity index (χ1n) is 8.60. The quantitative estimate of drug-likeness (QED) is 0.350. The first-order chi connectivity index (χ1) is 11.7. The van der Waals surface area contributed by atoms with E-state index in [0.29, 0.717) is 30.9 Å². The number of rotatable bonds is 7. The van der Waals surface area contributed by atoms with Crippen LogP contribution in [0.4, 0.5) is 0 Å². The Morgan fingerprint density at radius 1 is 1.48 bits per heavy atom. The van der Waals surface area contributed by atoms with Gasteiger partial charge in [0.1, 0.15) is 6.10 Å². The monoisotopic (exact) mass is 483 g/mol. The first kappa shape index (κ1) is 22.5. The third-order valence-corrected chi connectivity index (χ3v) is 5.29. The van der Waals surface area contributed by atoms with Crippen LogP contribution in [0, 0.1) is 0 Å². The highest BCUT2D eigenvalue weighted by atomic mass is 127. The maximum absolute atomic E-state index is 5.47. The lowest BCUT2D eigenvalue weighted by molar-refractivity contribution is 0.0683. The summed E-state index contributed by atoms with van der Waals surface area (Å²) in [6.07, 6.45) is 6.98. The molecular weight excluding hydrogens is 453 g/mol. The molecule has 1 aromatic heterocycles. The summed E-state index contributed by atoms with van der Waals surface area (Å²) in [5, 5.41) is 11.5. The van der Waals surface area contributed by atoms with Gasteiger partial charge >= 0.3 is 0 Å². The Morgan fingerprint density at radius 2 is 2.28 bits per heavy atom. The molecular formula is C16H30IN5O2S. The van der Waals surface area contributed by atoms with Crippen LogP contribution in [0.3, 0.4) is 0 Å². The minimum atomic E-state index is -0.157. The van der Waals surface area contributed by atoms with E-state index < -0.39 is 0 Å². The van der Waals surface area contributed by atoms with E-state index in [1.54, 1.807) is 7.05 Å². The highest BCUT2D eigenvalue weighted by molar-refractivity contribution is 14.0. The maximum Gasteiger partial charge on any atom is 0.246 e. The zero-order valence-electron chi connectivity index (χ0n) is 15.4. The zero-order chi connectivity index (χ0) is 17.4. The van der Waals surface area contributed by atoms with Crippen LogP contribution < -0.4 is 10.6 Å². The summed E-state index contributed by atoms with van der Waals surface area (Å²) >= 11 is 1.96. The molecule has 1 aliphatic carbocycles. The fourth-order valence-electron chi connectivity index (χ4n) is 2.87. The molecule has 25 heavy (non-hydrogen) atoms. The van der Waals surface area contributed by atoms with Gasteiger partial charge in [0.2, 0.25) is 5.89 Å². The fraction of sp³-hybridized carbons (Fsp3) is 0.812. The van der Waals surface area contributed by atoms with Gasteiger partial charge in [0, 0.05) is 24.9 Å². The molecule has 2 rings (SSSR count). The third kappa shape index (κ3) is 7.30. The Balaban J connectivity index is 0.00000312. The molecule has 1 aromatic rings. The van der Waals surface area contributed by atoms with E-state index in [-0.39, 0.29) is 30.1 Å². The molecule has 0 aliphatic heterocycles. The third-order valence-electron chi connectivity index (χ3n) is 4.20. The number of nitrogens with one attached hydrogen (secondary N) is 2. The van der Waals surface area contributed by atoms with Crippen LogP contribution in [0.15, 0.2) is 9.52 Å². The van der Waals surface area contributed by atoms with E-state index in [9.17, 15) is 0 Å². The Morgan fingerprint density at radius 3 is 2.96 bits per heavy atom. The maximum atomic E-state index is 5.47. The minimum Gasteiger partial charge on any atom is -0.371 e. The number of ether oxygens (including phenoxy) is 1. The van der Waals surface area contributed by atoms with Crippen LogP contribution in [0.25, 0.3) is 0 Å². The number of hydrogen-bond donors (Lipinski definition) is 2. The first-order valence-corrected chi connectivity index (χ1v) is 9.89. The van der Waals surface area contributed by atoms with E-state index in [4.69, 9.17) is 9.26 Å². The van der Waals surface area contributed by atoms with Gasteiger partial charge in [-0.15, -0.1) is 24.0 Å². The van der Waals surface area contributed by atoms with Crippen LogP contribution in [-0.2, 0) is 11.3 Å². The Labute approximate surface area is 171 Å². The van der Waals surface area contributed by atoms with Gasteiger partial charge in [0.05, 0.1) is 6.54 Å². The van der Waals surface area contributed by atoms with Crippen molar-refractivity contribution in [3.05, 3.63) is 11.7 Å². The van der Waals surface area contributed by atoms with Crippen LogP contribution in [-0.4, -0.2) is 47.3 Å². The van der Waals surface area contributed by atoms with E-state index in [2.05, 4.69) is 32.0 Å². The Bertz CT molecular complexity index is 528. The molecule has 0 radical (unpaired) electrons. The highest BCUT2D eigenvalue weighted by Gasteiger charge is 2.22. The number of hydrogen-bond acceptors (Lipinski definition) is 6. The number of guanidine groups is 1. The van der Waals surface area contributed by atoms with Gasteiger partial charge in [0.25, 0.3) is 0 Å². The SMILES string of the molecule is CCOC(C)c1noc(CNC(=NC)NC2CCCC(SC)C2)n1.I. The number of aromatic nitrogens is 2. The van der Waals surface area contributed by atoms with Gasteiger partial charge in [-0.3, -0.25) is 4.99 Å². The van der Waals surface area contributed by atoms with E-state index in [1.165, 1.54) is 25.7 Å². The Hall–Kier alpha value is -0.550. The second-order valence-electron chi connectivity index (χ2n) is 5.94. The molecule has 0 saturated heterocycles. The highest BCUT2D eigenvalue weighted by Crippen LogP contribution is 2.26. The molecule has 144 valence electrons. The Kier molecular flexibility index (Phi) is 10.7. The predicted molar refractivity (Wildman–Crippen MR) is 113 cm³/mol. The smallest absolute Gasteiger partial charge is 0.246 e. The molecule has 0 bridgehead atoms.